The molecule has 26 heavy (non-hydrogen) atoms. The monoisotopic (exact) mass is 363 g/mol. The van der Waals surface area contributed by atoms with Gasteiger partial charge in [0.05, 0.1) is 11.0 Å². The topological polar surface area (TPSA) is 81.4 Å². The van der Waals surface area contributed by atoms with Crippen LogP contribution in [0.25, 0.3) is 22.4 Å². The minimum Gasteiger partial charge on any atom is -0.457 e. The molecule has 0 saturated heterocycles. The average Bonchev–Trinajstić information content (AvgIpc) is 3.26. The third-order valence-electron chi connectivity index (χ3n) is 4.35. The van der Waals surface area contributed by atoms with E-state index in [1.807, 2.05) is 65.2 Å². The number of nitrogens with zero attached hydrogens (tertiary/aromatic N) is 3. The Bertz CT molecular complexity index is 1140. The number of nitrogens with one attached hydrogen (secondary N) is 1. The van der Waals surface area contributed by atoms with Gasteiger partial charge in [0.2, 0.25) is 5.95 Å². The summed E-state index contributed by atoms with van der Waals surface area (Å²) >= 11 is 5.96. The van der Waals surface area contributed by atoms with Gasteiger partial charge in [-0.2, -0.15) is 0 Å². The Kier molecular flexibility index (Phi) is 3.26. The number of hydrogen-bond acceptors (Lipinski definition) is 5. The first kappa shape index (κ1) is 15.0. The maximum Gasteiger partial charge on any atom is 0.212 e. The molecule has 1 unspecified atom stereocenters. The molecule has 0 radical (unpaired) electrons. The Morgan fingerprint density at radius 1 is 1.04 bits per heavy atom. The third-order valence-corrected chi connectivity index (χ3v) is 4.60. The van der Waals surface area contributed by atoms with Crippen LogP contribution in [0.4, 0.5) is 5.95 Å². The van der Waals surface area contributed by atoms with E-state index >= 15 is 0 Å². The van der Waals surface area contributed by atoms with Crippen LogP contribution in [0.1, 0.15) is 11.9 Å². The molecule has 5 rings (SSSR count). The second-order valence-electron chi connectivity index (χ2n) is 6.02. The van der Waals surface area contributed by atoms with Gasteiger partial charge in [-0.25, -0.2) is 9.98 Å². The Labute approximate surface area is 153 Å². The zero-order chi connectivity index (χ0) is 17.7. The number of imidazole rings is 1. The molecule has 0 spiro atoms. The SMILES string of the molecule is NC1=NC(c2ccc(-c3ccc(Cl)cc3)o2)n2c(nc3ccccc32)N1. The number of furan rings is 1. The molecule has 128 valence electrons. The molecular weight excluding hydrogens is 350 g/mol. The van der Waals surface area contributed by atoms with Crippen molar-refractivity contribution in [1.29, 1.82) is 0 Å². The number of benzene rings is 2. The van der Waals surface area contributed by atoms with Crippen LogP contribution >= 0.6 is 11.6 Å². The molecule has 0 amide bonds. The number of nitrogens with two attached hydrogens (primary N) is 1. The van der Waals surface area contributed by atoms with E-state index in [-0.39, 0.29) is 0 Å². The fourth-order valence-corrected chi connectivity index (χ4v) is 3.29. The van der Waals surface area contributed by atoms with Gasteiger partial charge >= 0.3 is 0 Å². The van der Waals surface area contributed by atoms with Crippen LogP contribution < -0.4 is 11.1 Å². The highest BCUT2D eigenvalue weighted by Crippen LogP contribution is 2.34. The lowest BCUT2D eigenvalue weighted by Gasteiger charge is -2.21. The van der Waals surface area contributed by atoms with Gasteiger partial charge in [-0.3, -0.25) is 9.88 Å². The third kappa shape index (κ3) is 2.34. The van der Waals surface area contributed by atoms with E-state index in [2.05, 4.69) is 15.3 Å². The van der Waals surface area contributed by atoms with E-state index in [0.717, 1.165) is 22.4 Å². The van der Waals surface area contributed by atoms with Gasteiger partial charge in [0.15, 0.2) is 12.1 Å². The van der Waals surface area contributed by atoms with E-state index in [1.54, 1.807) is 0 Å². The van der Waals surface area contributed by atoms with Crippen molar-refractivity contribution in [3.63, 3.8) is 0 Å². The lowest BCUT2D eigenvalue weighted by atomic mass is 10.2. The number of anilines is 1. The number of hydrogen-bond donors (Lipinski definition) is 2. The van der Waals surface area contributed by atoms with Crippen molar-refractivity contribution in [1.82, 2.24) is 9.55 Å². The summed E-state index contributed by atoms with van der Waals surface area (Å²) in [7, 11) is 0. The highest BCUT2D eigenvalue weighted by molar-refractivity contribution is 6.30. The summed E-state index contributed by atoms with van der Waals surface area (Å²) in [4.78, 5) is 9.12. The first-order chi connectivity index (χ1) is 12.7. The molecule has 7 heteroatoms. The lowest BCUT2D eigenvalue weighted by molar-refractivity contribution is 0.449. The fraction of sp³-hybridized carbons (Fsp3) is 0.0526. The van der Waals surface area contributed by atoms with E-state index in [0.29, 0.717) is 22.7 Å². The summed E-state index contributed by atoms with van der Waals surface area (Å²) in [6.07, 6.45) is -0.417. The maximum absolute atomic E-state index is 6.09. The van der Waals surface area contributed by atoms with Gasteiger partial charge in [-0.05, 0) is 48.5 Å². The van der Waals surface area contributed by atoms with Gasteiger partial charge in [0.25, 0.3) is 0 Å². The van der Waals surface area contributed by atoms with Crippen molar-refractivity contribution >= 4 is 34.5 Å². The van der Waals surface area contributed by atoms with Gasteiger partial charge in [0.1, 0.15) is 11.5 Å². The fourth-order valence-electron chi connectivity index (χ4n) is 3.17. The molecule has 1 atom stereocenters. The molecule has 0 aliphatic carbocycles. The maximum atomic E-state index is 6.09. The molecule has 0 saturated carbocycles. The van der Waals surface area contributed by atoms with Crippen molar-refractivity contribution in [3.05, 3.63) is 71.4 Å². The normalized spacial score (nSPS) is 16.2. The van der Waals surface area contributed by atoms with Crippen molar-refractivity contribution < 1.29 is 4.42 Å². The smallest absolute Gasteiger partial charge is 0.212 e. The van der Waals surface area contributed by atoms with Crippen molar-refractivity contribution in [2.24, 2.45) is 10.7 Å². The first-order valence-corrected chi connectivity index (χ1v) is 8.50. The number of halogens is 1. The molecule has 6 nitrogen and oxygen atoms in total. The first-order valence-electron chi connectivity index (χ1n) is 8.12. The molecule has 2 aromatic carbocycles. The number of para-hydroxylation sites is 2. The molecule has 4 aromatic rings. The van der Waals surface area contributed by atoms with E-state index in [1.165, 1.54) is 0 Å². The number of aliphatic imine (C=N–C) groups is 1. The lowest BCUT2D eigenvalue weighted by Crippen LogP contribution is -2.31. The number of rotatable bonds is 2. The predicted molar refractivity (Wildman–Crippen MR) is 102 cm³/mol. The quantitative estimate of drug-likeness (QED) is 0.558. The minimum absolute atomic E-state index is 0.308. The summed E-state index contributed by atoms with van der Waals surface area (Å²) < 4.78 is 8.07. The van der Waals surface area contributed by atoms with Gasteiger partial charge in [0, 0.05) is 10.6 Å². The Hall–Kier alpha value is -3.25. The Balaban J connectivity index is 1.62. The molecule has 0 bridgehead atoms. The van der Waals surface area contributed by atoms with Crippen molar-refractivity contribution in [2.75, 3.05) is 5.32 Å². The minimum atomic E-state index is -0.417. The largest absolute Gasteiger partial charge is 0.457 e. The van der Waals surface area contributed by atoms with Crippen LogP contribution in [0, 0.1) is 0 Å². The molecule has 1 aliphatic rings. The predicted octanol–water partition coefficient (Wildman–Crippen LogP) is 4.24. The van der Waals surface area contributed by atoms with E-state index in [4.69, 9.17) is 21.8 Å². The zero-order valence-electron chi connectivity index (χ0n) is 13.6. The standard InChI is InChI=1S/C19H14ClN5O/c20-12-7-5-11(6-8-12)15-9-10-16(26-15)17-23-18(21)24-19-22-13-3-1-2-4-14(13)25(17)19/h1-10,17H,(H3,21,22,23,24). The average molecular weight is 364 g/mol. The highest BCUT2D eigenvalue weighted by atomic mass is 35.5. The summed E-state index contributed by atoms with van der Waals surface area (Å²) in [6, 6.07) is 19.2. The Morgan fingerprint density at radius 2 is 1.85 bits per heavy atom. The second kappa shape index (κ2) is 5.64. The van der Waals surface area contributed by atoms with Crippen LogP contribution in [-0.2, 0) is 0 Å². The van der Waals surface area contributed by atoms with E-state index in [9.17, 15) is 0 Å². The second-order valence-corrected chi connectivity index (χ2v) is 6.45. The highest BCUT2D eigenvalue weighted by Gasteiger charge is 2.27. The van der Waals surface area contributed by atoms with Crippen LogP contribution in [-0.4, -0.2) is 15.5 Å². The van der Waals surface area contributed by atoms with Crippen LogP contribution in [0.15, 0.2) is 70.1 Å². The zero-order valence-corrected chi connectivity index (χ0v) is 14.3. The summed E-state index contributed by atoms with van der Waals surface area (Å²) in [5.41, 5.74) is 8.74. The molecule has 0 fully saturated rings. The molecular formula is C19H14ClN5O. The van der Waals surface area contributed by atoms with Gasteiger partial charge in [-0.1, -0.05) is 23.7 Å². The van der Waals surface area contributed by atoms with Crippen LogP contribution in [0.3, 0.4) is 0 Å². The molecule has 3 heterocycles. The summed E-state index contributed by atoms with van der Waals surface area (Å²) in [6.45, 7) is 0. The number of aromatic nitrogens is 2. The number of guanidine groups is 1. The summed E-state index contributed by atoms with van der Waals surface area (Å²) in [5, 5.41) is 3.70. The molecule has 1 aliphatic heterocycles. The Morgan fingerprint density at radius 3 is 2.69 bits per heavy atom. The van der Waals surface area contributed by atoms with Crippen LogP contribution in [0.2, 0.25) is 5.02 Å². The molecule has 2 aromatic heterocycles. The van der Waals surface area contributed by atoms with Gasteiger partial charge in [-0.15, -0.1) is 0 Å². The van der Waals surface area contributed by atoms with Crippen molar-refractivity contribution in [3.8, 4) is 11.3 Å². The van der Waals surface area contributed by atoms with Crippen LogP contribution in [0.5, 0.6) is 0 Å². The van der Waals surface area contributed by atoms with Gasteiger partial charge < -0.3 is 10.2 Å². The molecule has 3 N–H and O–H groups in total. The number of fused-ring (bicyclic) bond motifs is 3. The van der Waals surface area contributed by atoms with Crippen molar-refractivity contribution in [2.45, 2.75) is 6.17 Å². The summed E-state index contributed by atoms with van der Waals surface area (Å²) in [5.74, 6) is 2.38. The van der Waals surface area contributed by atoms with E-state index < -0.39 is 6.17 Å².